The molecule has 2 N–H and O–H groups in total. The van der Waals surface area contributed by atoms with Crippen molar-refractivity contribution in [3.8, 4) is 5.75 Å². The molecule has 1 amide bonds. The van der Waals surface area contributed by atoms with Gasteiger partial charge in [-0.25, -0.2) is 9.37 Å². The molecule has 1 fully saturated rings. The van der Waals surface area contributed by atoms with Crippen LogP contribution in [0.5, 0.6) is 5.75 Å². The number of thiocarbonyl (C=S) groups is 1. The molecule has 2 aromatic rings. The number of pyridine rings is 1. The van der Waals surface area contributed by atoms with Gasteiger partial charge in [0.05, 0.1) is 25.4 Å². The fourth-order valence-corrected chi connectivity index (χ4v) is 3.37. The van der Waals surface area contributed by atoms with Crippen molar-refractivity contribution in [1.29, 1.82) is 0 Å². The lowest BCUT2D eigenvalue weighted by atomic mass is 10.2. The zero-order chi connectivity index (χ0) is 22.1. The van der Waals surface area contributed by atoms with Gasteiger partial charge >= 0.3 is 0 Å². The zero-order valence-electron chi connectivity index (χ0n) is 17.5. The van der Waals surface area contributed by atoms with Crippen LogP contribution in [0.15, 0.2) is 36.5 Å². The third-order valence-electron chi connectivity index (χ3n) is 4.76. The number of benzene rings is 1. The molecular weight excluding hydrogens is 419 g/mol. The van der Waals surface area contributed by atoms with Gasteiger partial charge in [-0.1, -0.05) is 19.8 Å². The summed E-state index contributed by atoms with van der Waals surface area (Å²) in [6, 6.07) is 7.88. The largest absolute Gasteiger partial charge is 0.491 e. The Morgan fingerprint density at radius 1 is 1.29 bits per heavy atom. The second kappa shape index (κ2) is 11.6. The second-order valence-corrected chi connectivity index (χ2v) is 7.49. The number of nitrogens with zero attached hydrogens (tertiary/aromatic N) is 2. The SMILES string of the molecule is CCCCCOc1ccc(NC(=S)NC(=O)c2cccnc2N2CCOCC2)cc1F. The number of hydrogen-bond acceptors (Lipinski definition) is 6. The molecule has 0 aliphatic carbocycles. The monoisotopic (exact) mass is 446 g/mol. The lowest BCUT2D eigenvalue weighted by molar-refractivity contribution is 0.0975. The van der Waals surface area contributed by atoms with Crippen LogP contribution in [-0.4, -0.2) is 48.9 Å². The molecule has 0 atom stereocenters. The van der Waals surface area contributed by atoms with Crippen LogP contribution in [0.25, 0.3) is 0 Å². The molecule has 3 rings (SSSR count). The number of carbonyl (C=O) groups excluding carboxylic acids is 1. The average molecular weight is 447 g/mol. The predicted molar refractivity (Wildman–Crippen MR) is 122 cm³/mol. The van der Waals surface area contributed by atoms with Crippen molar-refractivity contribution < 1.29 is 18.7 Å². The third kappa shape index (κ3) is 6.60. The highest BCUT2D eigenvalue weighted by atomic mass is 32.1. The Bertz CT molecular complexity index is 906. The lowest BCUT2D eigenvalue weighted by Crippen LogP contribution is -2.39. The van der Waals surface area contributed by atoms with Gasteiger partial charge in [0.25, 0.3) is 5.91 Å². The minimum Gasteiger partial charge on any atom is -0.491 e. The van der Waals surface area contributed by atoms with E-state index in [9.17, 15) is 9.18 Å². The van der Waals surface area contributed by atoms with Gasteiger partial charge < -0.3 is 19.7 Å². The summed E-state index contributed by atoms with van der Waals surface area (Å²) in [5.74, 6) is -0.0928. The number of unbranched alkanes of at least 4 members (excludes halogenated alkanes) is 2. The normalized spacial score (nSPS) is 13.5. The van der Waals surface area contributed by atoms with Crippen LogP contribution in [0.4, 0.5) is 15.9 Å². The Morgan fingerprint density at radius 3 is 2.84 bits per heavy atom. The Labute approximate surface area is 186 Å². The van der Waals surface area contributed by atoms with Crippen molar-refractivity contribution in [2.75, 3.05) is 43.1 Å². The number of hydrogen-bond donors (Lipinski definition) is 2. The summed E-state index contributed by atoms with van der Waals surface area (Å²) in [5.41, 5.74) is 0.832. The summed E-state index contributed by atoms with van der Waals surface area (Å²) in [6.07, 6.45) is 4.64. The van der Waals surface area contributed by atoms with E-state index in [2.05, 4.69) is 22.5 Å². The van der Waals surface area contributed by atoms with E-state index < -0.39 is 5.82 Å². The number of carbonyl (C=O) groups is 1. The fourth-order valence-electron chi connectivity index (χ4n) is 3.16. The fraction of sp³-hybridized carbons (Fsp3) is 0.409. The number of rotatable bonds is 8. The Kier molecular flexibility index (Phi) is 8.54. The van der Waals surface area contributed by atoms with Gasteiger partial charge in [-0.3, -0.25) is 10.1 Å². The molecule has 1 aliphatic rings. The third-order valence-corrected chi connectivity index (χ3v) is 4.97. The molecule has 1 aliphatic heterocycles. The smallest absolute Gasteiger partial charge is 0.261 e. The molecule has 7 nitrogen and oxygen atoms in total. The van der Waals surface area contributed by atoms with E-state index in [0.717, 1.165) is 19.3 Å². The second-order valence-electron chi connectivity index (χ2n) is 7.08. The van der Waals surface area contributed by atoms with Crippen molar-refractivity contribution in [3.05, 3.63) is 47.9 Å². The van der Waals surface area contributed by atoms with E-state index in [-0.39, 0.29) is 16.8 Å². The molecule has 0 bridgehead atoms. The molecule has 1 saturated heterocycles. The van der Waals surface area contributed by atoms with Crippen LogP contribution < -0.4 is 20.3 Å². The maximum absolute atomic E-state index is 14.3. The van der Waals surface area contributed by atoms with Gasteiger partial charge in [0.2, 0.25) is 0 Å². The topological polar surface area (TPSA) is 75.7 Å². The first kappa shape index (κ1) is 22.9. The summed E-state index contributed by atoms with van der Waals surface area (Å²) >= 11 is 5.24. The molecular formula is C22H27FN4O3S. The molecule has 0 saturated carbocycles. The Morgan fingerprint density at radius 2 is 2.10 bits per heavy atom. The first-order chi connectivity index (χ1) is 15.1. The molecule has 166 valence electrons. The quantitative estimate of drug-likeness (QED) is 0.472. The van der Waals surface area contributed by atoms with Crippen molar-refractivity contribution in [1.82, 2.24) is 10.3 Å². The highest BCUT2D eigenvalue weighted by Crippen LogP contribution is 2.22. The minimum atomic E-state index is -0.488. The van der Waals surface area contributed by atoms with Gasteiger partial charge in [-0.05, 0) is 42.9 Å². The number of nitrogens with one attached hydrogen (secondary N) is 2. The molecule has 0 spiro atoms. The van der Waals surface area contributed by atoms with Crippen LogP contribution >= 0.6 is 12.2 Å². The molecule has 31 heavy (non-hydrogen) atoms. The molecule has 1 aromatic carbocycles. The summed E-state index contributed by atoms with van der Waals surface area (Å²) in [4.78, 5) is 19.1. The van der Waals surface area contributed by atoms with Crippen LogP contribution in [0, 0.1) is 5.82 Å². The minimum absolute atomic E-state index is 0.0674. The summed E-state index contributed by atoms with van der Waals surface area (Å²) in [5, 5.41) is 5.54. The van der Waals surface area contributed by atoms with Crippen molar-refractivity contribution in [3.63, 3.8) is 0 Å². The van der Waals surface area contributed by atoms with Gasteiger partial charge in [-0.2, -0.15) is 0 Å². The first-order valence-corrected chi connectivity index (χ1v) is 10.8. The van der Waals surface area contributed by atoms with Gasteiger partial charge in [-0.15, -0.1) is 0 Å². The number of ether oxygens (including phenoxy) is 2. The maximum Gasteiger partial charge on any atom is 0.261 e. The van der Waals surface area contributed by atoms with E-state index >= 15 is 0 Å². The van der Waals surface area contributed by atoms with Crippen molar-refractivity contribution >= 4 is 34.7 Å². The number of anilines is 2. The highest BCUT2D eigenvalue weighted by Gasteiger charge is 2.20. The standard InChI is InChI=1S/C22H27FN4O3S/c1-2-3-4-12-30-19-8-7-16(15-18(19)23)25-22(31)26-21(28)17-6-5-9-24-20(17)27-10-13-29-14-11-27/h5-9,15H,2-4,10-14H2,1H3,(H2,25,26,28,31). The van der Waals surface area contributed by atoms with Gasteiger partial charge in [0.15, 0.2) is 16.7 Å². The van der Waals surface area contributed by atoms with E-state index in [1.807, 2.05) is 4.90 Å². The average Bonchev–Trinajstić information content (AvgIpc) is 2.78. The Hall–Kier alpha value is -2.78. The van der Waals surface area contributed by atoms with Crippen LogP contribution in [-0.2, 0) is 4.74 Å². The highest BCUT2D eigenvalue weighted by molar-refractivity contribution is 7.80. The molecule has 0 radical (unpaired) electrons. The van der Waals surface area contributed by atoms with Crippen LogP contribution in [0.2, 0.25) is 0 Å². The first-order valence-electron chi connectivity index (χ1n) is 10.4. The summed E-state index contributed by atoms with van der Waals surface area (Å²) in [7, 11) is 0. The number of aromatic nitrogens is 1. The Balaban J connectivity index is 1.58. The van der Waals surface area contributed by atoms with E-state index in [4.69, 9.17) is 21.7 Å². The van der Waals surface area contributed by atoms with E-state index in [0.29, 0.717) is 50.0 Å². The van der Waals surface area contributed by atoms with Crippen LogP contribution in [0.1, 0.15) is 36.5 Å². The summed E-state index contributed by atoms with van der Waals surface area (Å²) in [6.45, 7) is 5.06. The van der Waals surface area contributed by atoms with Gasteiger partial charge in [0, 0.05) is 31.0 Å². The summed E-state index contributed by atoms with van der Waals surface area (Å²) < 4.78 is 25.1. The molecule has 1 aromatic heterocycles. The van der Waals surface area contributed by atoms with Crippen molar-refractivity contribution in [2.24, 2.45) is 0 Å². The zero-order valence-corrected chi connectivity index (χ0v) is 18.3. The predicted octanol–water partition coefficient (Wildman–Crippen LogP) is 3.75. The number of halogens is 1. The maximum atomic E-state index is 14.3. The number of morpholine rings is 1. The molecule has 0 unspecified atom stereocenters. The van der Waals surface area contributed by atoms with E-state index in [1.54, 1.807) is 30.5 Å². The molecule has 9 heteroatoms. The lowest BCUT2D eigenvalue weighted by Gasteiger charge is -2.29. The molecule has 2 heterocycles. The van der Waals surface area contributed by atoms with Gasteiger partial charge in [0.1, 0.15) is 5.82 Å². The van der Waals surface area contributed by atoms with E-state index in [1.165, 1.54) is 6.07 Å². The van der Waals surface area contributed by atoms with Crippen LogP contribution in [0.3, 0.4) is 0 Å². The number of amides is 1. The van der Waals surface area contributed by atoms with Crippen molar-refractivity contribution in [2.45, 2.75) is 26.2 Å².